The van der Waals surface area contributed by atoms with Crippen LogP contribution >= 0.6 is 43.5 Å². The first-order valence-corrected chi connectivity index (χ1v) is 8.45. The lowest BCUT2D eigenvalue weighted by atomic mass is 9.94. The molecule has 0 aromatic heterocycles. The van der Waals surface area contributed by atoms with Crippen LogP contribution in [0.1, 0.15) is 11.1 Å². The van der Waals surface area contributed by atoms with E-state index in [1.165, 1.54) is 11.6 Å². The largest absolute Gasteiger partial charge is 0.207 e. The van der Waals surface area contributed by atoms with Gasteiger partial charge in [-0.05, 0) is 60.2 Å². The van der Waals surface area contributed by atoms with E-state index in [9.17, 15) is 4.39 Å². The molecule has 0 aliphatic rings. The van der Waals surface area contributed by atoms with Gasteiger partial charge >= 0.3 is 0 Å². The number of halogens is 4. The molecule has 0 bridgehead atoms. The highest BCUT2D eigenvalue weighted by Crippen LogP contribution is 2.22. The first-order chi connectivity index (χ1) is 9.58. The Morgan fingerprint density at radius 3 is 2.45 bits per heavy atom. The second kappa shape index (κ2) is 7.58. The summed E-state index contributed by atoms with van der Waals surface area (Å²) < 4.78 is 15.7. The van der Waals surface area contributed by atoms with E-state index in [2.05, 4.69) is 44.0 Å². The van der Waals surface area contributed by atoms with E-state index >= 15 is 0 Å². The van der Waals surface area contributed by atoms with Gasteiger partial charge in [-0.1, -0.05) is 44.0 Å². The molecule has 106 valence electrons. The van der Waals surface area contributed by atoms with Crippen LogP contribution in [0.4, 0.5) is 4.39 Å². The van der Waals surface area contributed by atoms with Gasteiger partial charge in [0.05, 0.1) is 0 Å². The van der Waals surface area contributed by atoms with Crippen LogP contribution in [0.15, 0.2) is 51.4 Å². The summed E-state index contributed by atoms with van der Waals surface area (Å²) in [4.78, 5) is 0. The van der Waals surface area contributed by atoms with Gasteiger partial charge in [-0.2, -0.15) is 0 Å². The molecule has 4 heteroatoms. The topological polar surface area (TPSA) is 0 Å². The highest BCUT2D eigenvalue weighted by Gasteiger charge is 2.13. The Labute approximate surface area is 140 Å². The molecule has 1 unspecified atom stereocenters. The Morgan fingerprint density at radius 2 is 1.75 bits per heavy atom. The maximum absolute atomic E-state index is 13.8. The van der Waals surface area contributed by atoms with Crippen molar-refractivity contribution in [2.45, 2.75) is 12.8 Å². The Morgan fingerprint density at radius 1 is 1.00 bits per heavy atom. The summed E-state index contributed by atoms with van der Waals surface area (Å²) in [5.41, 5.74) is 1.92. The van der Waals surface area contributed by atoms with Gasteiger partial charge < -0.3 is 0 Å². The maximum Gasteiger partial charge on any atom is 0.126 e. The van der Waals surface area contributed by atoms with Crippen molar-refractivity contribution in [1.82, 2.24) is 0 Å². The zero-order valence-electron chi connectivity index (χ0n) is 10.8. The lowest BCUT2D eigenvalue weighted by Gasteiger charge is -2.15. The fourth-order valence-corrected chi connectivity index (χ4v) is 3.26. The normalized spacial score (nSPS) is 12.4. The fourth-order valence-electron chi connectivity index (χ4n) is 2.19. The molecule has 0 aliphatic carbocycles. The van der Waals surface area contributed by atoms with Crippen molar-refractivity contribution in [1.29, 1.82) is 0 Å². The van der Waals surface area contributed by atoms with Gasteiger partial charge in [-0.15, -0.1) is 11.6 Å². The van der Waals surface area contributed by atoms with E-state index in [1.54, 1.807) is 6.07 Å². The van der Waals surface area contributed by atoms with Crippen molar-refractivity contribution >= 4 is 43.5 Å². The average molecular weight is 421 g/mol. The van der Waals surface area contributed by atoms with Crippen molar-refractivity contribution in [2.24, 2.45) is 5.92 Å². The molecule has 0 heterocycles. The minimum atomic E-state index is -0.169. The van der Waals surface area contributed by atoms with Crippen LogP contribution in [0, 0.1) is 11.7 Å². The zero-order valence-corrected chi connectivity index (χ0v) is 14.7. The fraction of sp³-hybridized carbons (Fsp3) is 0.250. The Hall–Kier alpha value is -0.380. The summed E-state index contributed by atoms with van der Waals surface area (Å²) in [6, 6.07) is 13.2. The van der Waals surface area contributed by atoms with Gasteiger partial charge in [0.1, 0.15) is 5.82 Å². The molecule has 20 heavy (non-hydrogen) atoms. The quantitative estimate of drug-likeness (QED) is 0.521. The summed E-state index contributed by atoms with van der Waals surface area (Å²) in [6.07, 6.45) is 1.48. The van der Waals surface area contributed by atoms with Crippen molar-refractivity contribution < 1.29 is 4.39 Å². The standard InChI is InChI=1S/C16H14Br2ClF/c17-14-3-1-2-11(8-14)6-12(10-19)7-13-9-15(18)4-5-16(13)20/h1-5,8-9,12H,6-7,10H2. The molecule has 0 aliphatic heterocycles. The Kier molecular flexibility index (Phi) is 6.06. The van der Waals surface area contributed by atoms with Gasteiger partial charge in [0, 0.05) is 14.8 Å². The molecule has 0 N–H and O–H groups in total. The summed E-state index contributed by atoms with van der Waals surface area (Å²) >= 11 is 12.9. The van der Waals surface area contributed by atoms with Crippen LogP contribution in [0.3, 0.4) is 0 Å². The van der Waals surface area contributed by atoms with Gasteiger partial charge in [0.15, 0.2) is 0 Å². The third kappa shape index (κ3) is 4.57. The second-order valence-electron chi connectivity index (χ2n) is 4.79. The molecule has 2 aromatic rings. The summed E-state index contributed by atoms with van der Waals surface area (Å²) in [5.74, 6) is 0.561. The molecule has 2 aromatic carbocycles. The van der Waals surface area contributed by atoms with Crippen LogP contribution in [0.5, 0.6) is 0 Å². The Balaban J connectivity index is 2.11. The SMILES string of the molecule is Fc1ccc(Br)cc1CC(CCl)Cc1cccc(Br)c1. The van der Waals surface area contributed by atoms with E-state index in [1.807, 2.05) is 18.2 Å². The van der Waals surface area contributed by atoms with Gasteiger partial charge in [-0.25, -0.2) is 4.39 Å². The zero-order chi connectivity index (χ0) is 14.5. The van der Waals surface area contributed by atoms with Crippen molar-refractivity contribution in [3.63, 3.8) is 0 Å². The predicted octanol–water partition coefficient (Wildman–Crippen LogP) is 5.99. The van der Waals surface area contributed by atoms with E-state index in [4.69, 9.17) is 11.6 Å². The van der Waals surface area contributed by atoms with Crippen molar-refractivity contribution in [3.8, 4) is 0 Å². The predicted molar refractivity (Wildman–Crippen MR) is 89.9 cm³/mol. The summed E-state index contributed by atoms with van der Waals surface area (Å²) in [7, 11) is 0. The molecule has 1 atom stereocenters. The van der Waals surface area contributed by atoms with E-state index < -0.39 is 0 Å². The van der Waals surface area contributed by atoms with Crippen LogP contribution in [0.2, 0.25) is 0 Å². The number of benzene rings is 2. The second-order valence-corrected chi connectivity index (χ2v) is 6.93. The van der Waals surface area contributed by atoms with Crippen LogP contribution in [0.25, 0.3) is 0 Å². The minimum Gasteiger partial charge on any atom is -0.207 e. The molecule has 0 saturated heterocycles. The minimum absolute atomic E-state index is 0.169. The van der Waals surface area contributed by atoms with Crippen molar-refractivity contribution in [3.05, 3.63) is 68.4 Å². The van der Waals surface area contributed by atoms with Crippen LogP contribution in [-0.4, -0.2) is 5.88 Å². The number of rotatable bonds is 5. The van der Waals surface area contributed by atoms with Crippen LogP contribution in [-0.2, 0) is 12.8 Å². The average Bonchev–Trinajstić information content (AvgIpc) is 2.42. The number of alkyl halides is 1. The highest BCUT2D eigenvalue weighted by atomic mass is 79.9. The third-order valence-corrected chi connectivity index (χ3v) is 4.57. The van der Waals surface area contributed by atoms with Gasteiger partial charge in [0.2, 0.25) is 0 Å². The number of hydrogen-bond donors (Lipinski definition) is 0. The van der Waals surface area contributed by atoms with E-state index in [-0.39, 0.29) is 11.7 Å². The van der Waals surface area contributed by atoms with E-state index in [0.29, 0.717) is 17.9 Å². The summed E-state index contributed by atoms with van der Waals surface area (Å²) in [6.45, 7) is 0. The van der Waals surface area contributed by atoms with Gasteiger partial charge in [-0.3, -0.25) is 0 Å². The first kappa shape index (κ1) is 16.0. The van der Waals surface area contributed by atoms with Crippen molar-refractivity contribution in [2.75, 3.05) is 5.88 Å². The smallest absolute Gasteiger partial charge is 0.126 e. The maximum atomic E-state index is 13.8. The molecule has 0 radical (unpaired) electrons. The highest BCUT2D eigenvalue weighted by molar-refractivity contribution is 9.10. The van der Waals surface area contributed by atoms with Crippen LogP contribution < -0.4 is 0 Å². The molecule has 0 amide bonds. The van der Waals surface area contributed by atoms with Gasteiger partial charge in [0.25, 0.3) is 0 Å². The molecular weight excluding hydrogens is 406 g/mol. The summed E-state index contributed by atoms with van der Waals surface area (Å²) in [5, 5.41) is 0. The molecule has 0 fully saturated rings. The number of hydrogen-bond acceptors (Lipinski definition) is 0. The molecule has 0 saturated carbocycles. The monoisotopic (exact) mass is 418 g/mol. The molecule has 0 nitrogen and oxygen atoms in total. The van der Waals surface area contributed by atoms with E-state index in [0.717, 1.165) is 15.4 Å². The molecular formula is C16H14Br2ClF. The lowest BCUT2D eigenvalue weighted by molar-refractivity contribution is 0.546. The Bertz CT molecular complexity index is 586. The molecule has 0 spiro atoms. The lowest BCUT2D eigenvalue weighted by Crippen LogP contribution is -2.11. The molecule has 2 rings (SSSR count). The first-order valence-electron chi connectivity index (χ1n) is 6.33. The third-order valence-electron chi connectivity index (χ3n) is 3.15.